The van der Waals surface area contributed by atoms with Gasteiger partial charge in [0.1, 0.15) is 5.84 Å². The average molecular weight is 349 g/mol. The lowest BCUT2D eigenvalue weighted by Crippen LogP contribution is -2.44. The maximum atomic E-state index is 12.4. The molecule has 1 fully saturated rings. The summed E-state index contributed by atoms with van der Waals surface area (Å²) in [7, 11) is 0. The van der Waals surface area contributed by atoms with Crippen molar-refractivity contribution in [3.63, 3.8) is 0 Å². The fourth-order valence-corrected chi connectivity index (χ4v) is 3.57. The van der Waals surface area contributed by atoms with Crippen molar-refractivity contribution in [2.75, 3.05) is 0 Å². The molecule has 3 rings (SSSR count). The van der Waals surface area contributed by atoms with Gasteiger partial charge in [-0.1, -0.05) is 48.8 Å². The lowest BCUT2D eigenvalue weighted by Gasteiger charge is -2.26. The van der Waals surface area contributed by atoms with E-state index in [0.717, 1.165) is 28.7 Å². The SMILES string of the molecule is CC(C)(C)[C@H]1C[C@@H]2N=C(c3ccc(Br)cc3)NC(=O)[C@@H]2C1. The van der Waals surface area contributed by atoms with E-state index in [2.05, 4.69) is 42.0 Å². The maximum absolute atomic E-state index is 12.4. The van der Waals surface area contributed by atoms with E-state index in [1.807, 2.05) is 24.3 Å². The van der Waals surface area contributed by atoms with Gasteiger partial charge in [0, 0.05) is 10.0 Å². The number of amidine groups is 1. The zero-order valence-corrected chi connectivity index (χ0v) is 14.3. The summed E-state index contributed by atoms with van der Waals surface area (Å²) in [4.78, 5) is 17.2. The number of nitrogens with zero attached hydrogens (tertiary/aromatic N) is 1. The molecule has 1 amide bonds. The summed E-state index contributed by atoms with van der Waals surface area (Å²) in [6.07, 6.45) is 1.97. The van der Waals surface area contributed by atoms with Gasteiger partial charge >= 0.3 is 0 Å². The monoisotopic (exact) mass is 348 g/mol. The summed E-state index contributed by atoms with van der Waals surface area (Å²) in [5.41, 5.74) is 1.22. The molecule has 0 aromatic heterocycles. The summed E-state index contributed by atoms with van der Waals surface area (Å²) in [6, 6.07) is 8.06. The minimum atomic E-state index is 0.0495. The Labute approximate surface area is 134 Å². The molecular formula is C17H21BrN2O. The third-order valence-electron chi connectivity index (χ3n) is 4.74. The highest BCUT2D eigenvalue weighted by molar-refractivity contribution is 9.10. The number of carbonyl (C=O) groups excluding carboxylic acids is 1. The predicted octanol–water partition coefficient (Wildman–Crippen LogP) is 3.77. The molecule has 0 radical (unpaired) electrons. The second-order valence-corrected chi connectivity index (χ2v) is 8.10. The Kier molecular flexibility index (Phi) is 3.68. The van der Waals surface area contributed by atoms with Crippen LogP contribution in [0.5, 0.6) is 0 Å². The van der Waals surface area contributed by atoms with Crippen LogP contribution < -0.4 is 5.32 Å². The summed E-state index contributed by atoms with van der Waals surface area (Å²) in [5.74, 6) is 1.47. The van der Waals surface area contributed by atoms with Gasteiger partial charge in [-0.05, 0) is 36.3 Å². The molecule has 1 aliphatic heterocycles. The second kappa shape index (κ2) is 5.24. The molecule has 1 aromatic carbocycles. The van der Waals surface area contributed by atoms with Gasteiger partial charge in [0.25, 0.3) is 0 Å². The van der Waals surface area contributed by atoms with Gasteiger partial charge in [0.15, 0.2) is 0 Å². The molecule has 1 N–H and O–H groups in total. The van der Waals surface area contributed by atoms with Crippen LogP contribution in [0.1, 0.15) is 39.2 Å². The predicted molar refractivity (Wildman–Crippen MR) is 88.3 cm³/mol. The van der Waals surface area contributed by atoms with Gasteiger partial charge in [-0.3, -0.25) is 9.79 Å². The van der Waals surface area contributed by atoms with Crippen molar-refractivity contribution in [3.8, 4) is 0 Å². The molecule has 1 heterocycles. The molecule has 0 spiro atoms. The van der Waals surface area contributed by atoms with Crippen LogP contribution in [0.2, 0.25) is 0 Å². The van der Waals surface area contributed by atoms with Crippen molar-refractivity contribution in [3.05, 3.63) is 34.3 Å². The number of fused-ring (bicyclic) bond motifs is 1. The molecule has 3 atom stereocenters. The van der Waals surface area contributed by atoms with Crippen LogP contribution in [0.25, 0.3) is 0 Å². The highest BCUT2D eigenvalue weighted by Crippen LogP contribution is 2.44. The topological polar surface area (TPSA) is 41.5 Å². The van der Waals surface area contributed by atoms with Gasteiger partial charge in [0.05, 0.1) is 12.0 Å². The fraction of sp³-hybridized carbons (Fsp3) is 0.529. The first-order chi connectivity index (χ1) is 9.84. The number of aliphatic imine (C=N–C) groups is 1. The third-order valence-corrected chi connectivity index (χ3v) is 5.27. The molecular weight excluding hydrogens is 328 g/mol. The number of nitrogens with one attached hydrogen (secondary N) is 1. The summed E-state index contributed by atoms with van der Waals surface area (Å²) in [6.45, 7) is 6.77. The van der Waals surface area contributed by atoms with Crippen LogP contribution in [0.3, 0.4) is 0 Å². The summed E-state index contributed by atoms with van der Waals surface area (Å²) >= 11 is 3.43. The highest BCUT2D eigenvalue weighted by Gasteiger charge is 2.45. The average Bonchev–Trinajstić information content (AvgIpc) is 2.84. The number of amides is 1. The number of carbonyl (C=O) groups is 1. The first-order valence-electron chi connectivity index (χ1n) is 7.49. The first-order valence-corrected chi connectivity index (χ1v) is 8.28. The van der Waals surface area contributed by atoms with Gasteiger partial charge in [-0.25, -0.2) is 0 Å². The zero-order valence-electron chi connectivity index (χ0n) is 12.7. The molecule has 1 aliphatic carbocycles. The van der Waals surface area contributed by atoms with Crippen molar-refractivity contribution >= 4 is 27.7 Å². The van der Waals surface area contributed by atoms with Gasteiger partial charge in [0.2, 0.25) is 5.91 Å². The van der Waals surface area contributed by atoms with E-state index < -0.39 is 0 Å². The van der Waals surface area contributed by atoms with Crippen molar-refractivity contribution in [1.29, 1.82) is 0 Å². The van der Waals surface area contributed by atoms with E-state index in [-0.39, 0.29) is 23.3 Å². The number of rotatable bonds is 1. The van der Waals surface area contributed by atoms with Crippen LogP contribution in [0, 0.1) is 17.3 Å². The standard InChI is InChI=1S/C17H21BrN2O/c1-17(2,3)11-8-13-14(9-11)19-15(20-16(13)21)10-4-6-12(18)7-5-10/h4-7,11,13-14H,8-9H2,1-3H3,(H,19,20,21)/t11-,13-,14+/m1/s1. The Balaban J connectivity index is 1.87. The van der Waals surface area contributed by atoms with Crippen LogP contribution in [0.4, 0.5) is 0 Å². The Morgan fingerprint density at radius 1 is 1.19 bits per heavy atom. The fourth-order valence-electron chi connectivity index (χ4n) is 3.31. The largest absolute Gasteiger partial charge is 0.310 e. The minimum Gasteiger partial charge on any atom is -0.310 e. The van der Waals surface area contributed by atoms with Crippen molar-refractivity contribution in [1.82, 2.24) is 5.32 Å². The van der Waals surface area contributed by atoms with Gasteiger partial charge in [-0.2, -0.15) is 0 Å². The van der Waals surface area contributed by atoms with Gasteiger partial charge in [-0.15, -0.1) is 0 Å². The summed E-state index contributed by atoms with van der Waals surface area (Å²) < 4.78 is 1.03. The number of hydrogen-bond donors (Lipinski definition) is 1. The normalized spacial score (nSPS) is 28.9. The Morgan fingerprint density at radius 2 is 1.86 bits per heavy atom. The van der Waals surface area contributed by atoms with Crippen molar-refractivity contribution < 1.29 is 4.79 Å². The molecule has 112 valence electrons. The molecule has 0 saturated heterocycles. The number of benzene rings is 1. The van der Waals surface area contributed by atoms with E-state index >= 15 is 0 Å². The Bertz CT molecular complexity index is 586. The van der Waals surface area contributed by atoms with E-state index in [1.165, 1.54) is 0 Å². The van der Waals surface area contributed by atoms with E-state index in [1.54, 1.807) is 0 Å². The Morgan fingerprint density at radius 3 is 2.48 bits per heavy atom. The maximum Gasteiger partial charge on any atom is 0.230 e. The van der Waals surface area contributed by atoms with Crippen molar-refractivity contribution in [2.24, 2.45) is 22.2 Å². The zero-order chi connectivity index (χ0) is 15.2. The van der Waals surface area contributed by atoms with E-state index in [0.29, 0.717) is 5.92 Å². The molecule has 4 heteroatoms. The molecule has 3 nitrogen and oxygen atoms in total. The first kappa shape index (κ1) is 14.8. The number of hydrogen-bond acceptors (Lipinski definition) is 2. The van der Waals surface area contributed by atoms with Crippen LogP contribution in [0.15, 0.2) is 33.7 Å². The van der Waals surface area contributed by atoms with Crippen LogP contribution >= 0.6 is 15.9 Å². The van der Waals surface area contributed by atoms with E-state index in [4.69, 9.17) is 4.99 Å². The van der Waals surface area contributed by atoms with Crippen molar-refractivity contribution in [2.45, 2.75) is 39.7 Å². The number of halogens is 1. The second-order valence-electron chi connectivity index (χ2n) is 7.18. The molecule has 2 aliphatic rings. The molecule has 1 saturated carbocycles. The molecule has 0 unspecified atom stereocenters. The third kappa shape index (κ3) is 2.91. The smallest absolute Gasteiger partial charge is 0.230 e. The molecule has 21 heavy (non-hydrogen) atoms. The lowest BCUT2D eigenvalue weighted by atomic mass is 9.79. The molecule has 1 aromatic rings. The lowest BCUT2D eigenvalue weighted by molar-refractivity contribution is -0.124. The molecule has 0 bridgehead atoms. The van der Waals surface area contributed by atoms with Gasteiger partial charge < -0.3 is 5.32 Å². The minimum absolute atomic E-state index is 0.0495. The Hall–Kier alpha value is -1.16. The summed E-state index contributed by atoms with van der Waals surface area (Å²) in [5, 5.41) is 2.99. The van der Waals surface area contributed by atoms with E-state index in [9.17, 15) is 4.79 Å². The highest BCUT2D eigenvalue weighted by atomic mass is 79.9. The quantitative estimate of drug-likeness (QED) is 0.824. The van der Waals surface area contributed by atoms with Crippen LogP contribution in [-0.4, -0.2) is 17.8 Å². The van der Waals surface area contributed by atoms with Crippen LogP contribution in [-0.2, 0) is 4.79 Å².